The number of carboxylic acid groups (broad SMARTS) is 1. The van der Waals surface area contributed by atoms with E-state index in [1.54, 1.807) is 12.1 Å². The number of aldehydes is 1. The van der Waals surface area contributed by atoms with Gasteiger partial charge in [0.1, 0.15) is 5.75 Å². The highest BCUT2D eigenvalue weighted by Gasteiger charge is 2.02. The molecular formula is C11H10O5. The molecule has 0 amide bonds. The van der Waals surface area contributed by atoms with E-state index < -0.39 is 12.6 Å². The van der Waals surface area contributed by atoms with E-state index in [2.05, 4.69) is 0 Å². The molecule has 1 rings (SSSR count). The monoisotopic (exact) mass is 222 g/mol. The van der Waals surface area contributed by atoms with Gasteiger partial charge in [-0.1, -0.05) is 12.1 Å². The van der Waals surface area contributed by atoms with Gasteiger partial charge in [-0.2, -0.15) is 0 Å². The molecule has 0 fully saturated rings. The number of rotatable bonds is 5. The van der Waals surface area contributed by atoms with Gasteiger partial charge in [-0.05, 0) is 17.7 Å². The Hall–Kier alpha value is -2.30. The molecule has 0 unspecified atom stereocenters. The van der Waals surface area contributed by atoms with Crippen LogP contribution in [-0.4, -0.2) is 29.1 Å². The Morgan fingerprint density at radius 2 is 1.94 bits per heavy atom. The number of aliphatic hydroxyl groups excluding tert-OH is 1. The van der Waals surface area contributed by atoms with Gasteiger partial charge in [-0.15, -0.1) is 0 Å². The molecule has 0 aliphatic carbocycles. The van der Waals surface area contributed by atoms with E-state index in [9.17, 15) is 9.59 Å². The van der Waals surface area contributed by atoms with Gasteiger partial charge >= 0.3 is 5.97 Å². The summed E-state index contributed by atoms with van der Waals surface area (Å²) in [6.07, 6.45) is 1.23. The average Bonchev–Trinajstić information content (AvgIpc) is 2.29. The molecule has 5 nitrogen and oxygen atoms in total. The van der Waals surface area contributed by atoms with Crippen molar-refractivity contribution in [2.24, 2.45) is 0 Å². The third kappa shape index (κ3) is 3.13. The summed E-state index contributed by atoms with van der Waals surface area (Å²) >= 11 is 0. The Morgan fingerprint density at radius 3 is 2.38 bits per heavy atom. The van der Waals surface area contributed by atoms with Gasteiger partial charge in [-0.3, -0.25) is 4.79 Å². The molecule has 0 saturated heterocycles. The van der Waals surface area contributed by atoms with Crippen LogP contribution in [-0.2, 0) is 9.59 Å². The van der Waals surface area contributed by atoms with E-state index in [1.165, 1.54) is 12.1 Å². The summed E-state index contributed by atoms with van der Waals surface area (Å²) in [6, 6.07) is 6.14. The Morgan fingerprint density at radius 1 is 1.31 bits per heavy atom. The summed E-state index contributed by atoms with van der Waals surface area (Å²) in [7, 11) is 0. The number of hydrogen-bond donors (Lipinski definition) is 2. The second-order valence-electron chi connectivity index (χ2n) is 2.91. The van der Waals surface area contributed by atoms with E-state index in [0.717, 1.165) is 0 Å². The zero-order valence-electron chi connectivity index (χ0n) is 8.29. The minimum atomic E-state index is -1.06. The summed E-state index contributed by atoms with van der Waals surface area (Å²) in [5.41, 5.74) is 0.671. The first-order valence-corrected chi connectivity index (χ1v) is 4.42. The predicted octanol–water partition coefficient (Wildman–Crippen LogP) is 1.25. The molecule has 0 aliphatic heterocycles. The number of ether oxygens (including phenoxy) is 1. The molecule has 1 aromatic rings. The highest BCUT2D eigenvalue weighted by Crippen LogP contribution is 2.17. The molecular weight excluding hydrogens is 212 g/mol. The minimum absolute atomic E-state index is 0.143. The topological polar surface area (TPSA) is 83.8 Å². The van der Waals surface area contributed by atoms with E-state index in [1.807, 2.05) is 0 Å². The molecule has 0 bridgehead atoms. The highest BCUT2D eigenvalue weighted by atomic mass is 16.5. The Kier molecular flexibility index (Phi) is 4.08. The van der Waals surface area contributed by atoms with Crippen molar-refractivity contribution in [2.75, 3.05) is 6.61 Å². The third-order valence-corrected chi connectivity index (χ3v) is 1.82. The van der Waals surface area contributed by atoms with Crippen LogP contribution in [0, 0.1) is 0 Å². The van der Waals surface area contributed by atoms with Crippen molar-refractivity contribution < 1.29 is 24.5 Å². The first kappa shape index (κ1) is 11.8. The molecule has 0 saturated carbocycles. The molecule has 16 heavy (non-hydrogen) atoms. The van der Waals surface area contributed by atoms with Gasteiger partial charge in [0.25, 0.3) is 0 Å². The van der Waals surface area contributed by atoms with Crippen LogP contribution in [0.4, 0.5) is 0 Å². The molecule has 0 radical (unpaired) electrons. The van der Waals surface area contributed by atoms with Crippen molar-refractivity contribution in [1.29, 1.82) is 0 Å². The average molecular weight is 222 g/mol. The molecule has 5 heteroatoms. The van der Waals surface area contributed by atoms with E-state index in [0.29, 0.717) is 23.9 Å². The maximum Gasteiger partial charge on any atom is 0.341 e. The second kappa shape index (κ2) is 5.55. The van der Waals surface area contributed by atoms with Gasteiger partial charge in [0.2, 0.25) is 0 Å². The maximum absolute atomic E-state index is 10.5. The lowest BCUT2D eigenvalue weighted by Crippen LogP contribution is -2.09. The van der Waals surface area contributed by atoms with Crippen molar-refractivity contribution in [2.45, 2.75) is 0 Å². The fraction of sp³-hybridized carbons (Fsp3) is 0.0909. The van der Waals surface area contributed by atoms with Gasteiger partial charge in [0.15, 0.2) is 12.9 Å². The standard InChI is InChI=1S/C11H10O5/c12-5-9(6-13)8-1-3-10(4-2-8)16-7-11(14)15/h1-6,12H,7H2,(H,14,15)/b9-5+. The molecule has 0 atom stereocenters. The van der Waals surface area contributed by atoms with Gasteiger partial charge in [0.05, 0.1) is 11.8 Å². The lowest BCUT2D eigenvalue weighted by atomic mass is 10.1. The van der Waals surface area contributed by atoms with E-state index in [-0.39, 0.29) is 5.57 Å². The summed E-state index contributed by atoms with van der Waals surface area (Å²) < 4.78 is 4.90. The highest BCUT2D eigenvalue weighted by molar-refractivity contribution is 6.06. The number of allylic oxidation sites excluding steroid dienone is 1. The summed E-state index contributed by atoms with van der Waals surface area (Å²) in [6.45, 7) is -0.421. The molecule has 0 aromatic heterocycles. The summed E-state index contributed by atoms with van der Waals surface area (Å²) in [5, 5.41) is 17.1. The van der Waals surface area contributed by atoms with Crippen molar-refractivity contribution in [3.8, 4) is 5.75 Å². The van der Waals surface area contributed by atoms with Crippen LogP contribution in [0.3, 0.4) is 0 Å². The number of aliphatic carboxylic acids is 1. The maximum atomic E-state index is 10.5. The van der Waals surface area contributed by atoms with Crippen LogP contribution < -0.4 is 4.74 Å². The molecule has 0 aliphatic rings. The minimum Gasteiger partial charge on any atom is -0.515 e. The van der Waals surface area contributed by atoms with Crippen LogP contribution in [0.25, 0.3) is 5.57 Å². The lowest BCUT2D eigenvalue weighted by molar-refractivity contribution is -0.139. The fourth-order valence-corrected chi connectivity index (χ4v) is 1.06. The first-order valence-electron chi connectivity index (χ1n) is 4.42. The number of hydrogen-bond acceptors (Lipinski definition) is 4. The molecule has 0 heterocycles. The van der Waals surface area contributed by atoms with Crippen LogP contribution in [0.5, 0.6) is 5.75 Å². The zero-order valence-corrected chi connectivity index (χ0v) is 8.29. The second-order valence-corrected chi connectivity index (χ2v) is 2.91. The fourth-order valence-electron chi connectivity index (χ4n) is 1.06. The molecule has 2 N–H and O–H groups in total. The largest absolute Gasteiger partial charge is 0.515 e. The summed E-state index contributed by atoms with van der Waals surface area (Å²) in [5.74, 6) is -0.678. The van der Waals surface area contributed by atoms with Gasteiger partial charge in [0, 0.05) is 0 Å². The number of carbonyl (C=O) groups is 2. The van der Waals surface area contributed by atoms with Crippen molar-refractivity contribution in [3.63, 3.8) is 0 Å². The number of aliphatic hydroxyl groups is 1. The van der Waals surface area contributed by atoms with E-state index >= 15 is 0 Å². The van der Waals surface area contributed by atoms with Crippen molar-refractivity contribution in [1.82, 2.24) is 0 Å². The molecule has 84 valence electrons. The summed E-state index contributed by atoms with van der Waals surface area (Å²) in [4.78, 5) is 20.7. The smallest absolute Gasteiger partial charge is 0.341 e. The SMILES string of the molecule is O=C/C(=C\O)c1ccc(OCC(=O)O)cc1. The van der Waals surface area contributed by atoms with Crippen LogP contribution in [0.1, 0.15) is 5.56 Å². The number of carbonyl (C=O) groups excluding carboxylic acids is 1. The lowest BCUT2D eigenvalue weighted by Gasteiger charge is -2.04. The Balaban J connectivity index is 2.75. The Labute approximate surface area is 91.6 Å². The number of carboxylic acids is 1. The predicted molar refractivity (Wildman–Crippen MR) is 56.2 cm³/mol. The molecule has 0 spiro atoms. The van der Waals surface area contributed by atoms with Crippen LogP contribution in [0.15, 0.2) is 30.5 Å². The first-order chi connectivity index (χ1) is 7.67. The zero-order chi connectivity index (χ0) is 12.0. The molecule has 1 aromatic carbocycles. The van der Waals surface area contributed by atoms with Gasteiger partial charge < -0.3 is 14.9 Å². The van der Waals surface area contributed by atoms with Crippen molar-refractivity contribution in [3.05, 3.63) is 36.1 Å². The normalized spacial score (nSPS) is 10.9. The van der Waals surface area contributed by atoms with Crippen molar-refractivity contribution >= 4 is 17.8 Å². The Bertz CT molecular complexity index is 405. The number of benzene rings is 1. The van der Waals surface area contributed by atoms with Crippen LogP contribution in [0.2, 0.25) is 0 Å². The quantitative estimate of drug-likeness (QED) is 0.445. The van der Waals surface area contributed by atoms with E-state index in [4.69, 9.17) is 14.9 Å². The third-order valence-electron chi connectivity index (χ3n) is 1.82. The van der Waals surface area contributed by atoms with Gasteiger partial charge in [-0.25, -0.2) is 4.79 Å². The van der Waals surface area contributed by atoms with Crippen LogP contribution >= 0.6 is 0 Å².